The first-order chi connectivity index (χ1) is 27.8. The molecular weight excluding hydrogens is 685 g/mol. The van der Waals surface area contributed by atoms with Gasteiger partial charge in [0.25, 0.3) is 0 Å². The first-order valence-electron chi connectivity index (χ1n) is 18.9. The van der Waals surface area contributed by atoms with E-state index in [4.69, 9.17) is 14.4 Å². The van der Waals surface area contributed by atoms with Gasteiger partial charge in [-0.25, -0.2) is 9.98 Å². The Labute approximate surface area is 323 Å². The second-order valence-electron chi connectivity index (χ2n) is 14.2. The van der Waals surface area contributed by atoms with Crippen molar-refractivity contribution in [3.63, 3.8) is 0 Å². The maximum atomic E-state index is 6.88. The average Bonchev–Trinajstić information content (AvgIpc) is 3.83. The van der Waals surface area contributed by atoms with E-state index in [1.165, 1.54) is 27.4 Å². The predicted octanol–water partition coefficient (Wildman–Crippen LogP) is 12.5. The van der Waals surface area contributed by atoms with Crippen molar-refractivity contribution in [3.8, 4) is 27.9 Å². The van der Waals surface area contributed by atoms with E-state index in [-0.39, 0.29) is 6.17 Å². The molecule has 0 spiro atoms. The van der Waals surface area contributed by atoms with Crippen molar-refractivity contribution >= 4 is 55.4 Å². The molecular formula is C51H34N4O. The highest BCUT2D eigenvalue weighted by Crippen LogP contribution is 2.44. The summed E-state index contributed by atoms with van der Waals surface area (Å²) in [5, 5.41) is 8.13. The van der Waals surface area contributed by atoms with E-state index in [2.05, 4.69) is 168 Å². The maximum absolute atomic E-state index is 6.88. The molecule has 1 N–H and O–H groups in total. The van der Waals surface area contributed by atoms with E-state index in [0.717, 1.165) is 66.8 Å². The molecule has 0 aliphatic carbocycles. The van der Waals surface area contributed by atoms with Crippen molar-refractivity contribution in [3.05, 3.63) is 211 Å². The van der Waals surface area contributed by atoms with Gasteiger partial charge >= 0.3 is 0 Å². The average molecular weight is 719 g/mol. The van der Waals surface area contributed by atoms with Gasteiger partial charge in [0.1, 0.15) is 23.2 Å². The Morgan fingerprint density at radius 2 is 1.11 bits per heavy atom. The van der Waals surface area contributed by atoms with Gasteiger partial charge in [0.15, 0.2) is 5.84 Å². The van der Waals surface area contributed by atoms with Crippen molar-refractivity contribution in [2.24, 2.45) is 9.98 Å². The lowest BCUT2D eigenvalue weighted by atomic mass is 9.91. The summed E-state index contributed by atoms with van der Waals surface area (Å²) in [4.78, 5) is 10.2. The van der Waals surface area contributed by atoms with Crippen LogP contribution >= 0.6 is 0 Å². The number of aromatic nitrogens is 1. The molecule has 0 bridgehead atoms. The molecule has 1 aliphatic rings. The summed E-state index contributed by atoms with van der Waals surface area (Å²) in [7, 11) is 0. The molecule has 264 valence electrons. The number of nitrogens with one attached hydrogen (secondary N) is 1. The fourth-order valence-corrected chi connectivity index (χ4v) is 8.33. The summed E-state index contributed by atoms with van der Waals surface area (Å²) in [6.45, 7) is 0. The molecule has 11 rings (SSSR count). The normalized spacial score (nSPS) is 14.2. The number of fused-ring (bicyclic) bond motifs is 6. The van der Waals surface area contributed by atoms with Crippen LogP contribution in [0.3, 0.4) is 0 Å². The van der Waals surface area contributed by atoms with Gasteiger partial charge in [-0.1, -0.05) is 158 Å². The Morgan fingerprint density at radius 1 is 0.482 bits per heavy atom. The minimum absolute atomic E-state index is 0.278. The Morgan fingerprint density at radius 3 is 1.93 bits per heavy atom. The molecule has 1 unspecified atom stereocenters. The minimum atomic E-state index is -0.278. The Hall–Kier alpha value is -7.50. The van der Waals surface area contributed by atoms with Crippen LogP contribution in [-0.2, 0) is 0 Å². The van der Waals surface area contributed by atoms with E-state index in [0.29, 0.717) is 5.84 Å². The van der Waals surface area contributed by atoms with E-state index < -0.39 is 0 Å². The van der Waals surface area contributed by atoms with Crippen LogP contribution < -0.4 is 5.32 Å². The monoisotopic (exact) mass is 718 g/mol. The first kappa shape index (κ1) is 32.0. The van der Waals surface area contributed by atoms with Crippen LogP contribution in [0.5, 0.6) is 0 Å². The third-order valence-corrected chi connectivity index (χ3v) is 10.9. The van der Waals surface area contributed by atoms with Gasteiger partial charge in [0, 0.05) is 43.9 Å². The zero-order valence-electron chi connectivity index (χ0n) is 30.3. The van der Waals surface area contributed by atoms with Crippen molar-refractivity contribution in [1.29, 1.82) is 0 Å². The van der Waals surface area contributed by atoms with Crippen molar-refractivity contribution in [1.82, 2.24) is 9.88 Å². The molecule has 0 saturated carbocycles. The fraction of sp³-hybridized carbons (Fsp3) is 0.0196. The number of aliphatic imine (C=N–C) groups is 2. The van der Waals surface area contributed by atoms with Gasteiger partial charge in [0.2, 0.25) is 0 Å². The highest BCUT2D eigenvalue weighted by atomic mass is 16.3. The number of amidine groups is 2. The van der Waals surface area contributed by atoms with Crippen LogP contribution in [0.4, 0.5) is 0 Å². The summed E-state index contributed by atoms with van der Waals surface area (Å²) >= 11 is 0. The molecule has 10 aromatic rings. The molecule has 5 nitrogen and oxygen atoms in total. The van der Waals surface area contributed by atoms with Crippen LogP contribution in [0.2, 0.25) is 0 Å². The molecule has 2 aromatic heterocycles. The third-order valence-electron chi connectivity index (χ3n) is 10.9. The van der Waals surface area contributed by atoms with E-state index in [1.807, 2.05) is 36.4 Å². The molecule has 0 fully saturated rings. The van der Waals surface area contributed by atoms with E-state index >= 15 is 0 Å². The zero-order valence-corrected chi connectivity index (χ0v) is 30.3. The van der Waals surface area contributed by atoms with Gasteiger partial charge in [0.05, 0.1) is 11.0 Å². The molecule has 3 heterocycles. The highest BCUT2D eigenvalue weighted by molar-refractivity contribution is 6.19. The summed E-state index contributed by atoms with van der Waals surface area (Å²) in [6, 6.07) is 68.0. The smallest absolute Gasteiger partial charge is 0.159 e. The third kappa shape index (κ3) is 5.24. The van der Waals surface area contributed by atoms with Gasteiger partial charge in [-0.2, -0.15) is 0 Å². The molecule has 1 atom stereocenters. The van der Waals surface area contributed by atoms with Gasteiger partial charge in [-0.15, -0.1) is 0 Å². The molecule has 1 aliphatic heterocycles. The summed E-state index contributed by atoms with van der Waals surface area (Å²) < 4.78 is 9.25. The molecule has 0 radical (unpaired) electrons. The lowest BCUT2D eigenvalue weighted by Crippen LogP contribution is -2.33. The van der Waals surface area contributed by atoms with E-state index in [1.54, 1.807) is 0 Å². The van der Waals surface area contributed by atoms with Crippen molar-refractivity contribution in [2.45, 2.75) is 6.17 Å². The second-order valence-corrected chi connectivity index (χ2v) is 14.2. The first-order valence-corrected chi connectivity index (χ1v) is 18.9. The van der Waals surface area contributed by atoms with Crippen LogP contribution in [0.1, 0.15) is 22.9 Å². The second kappa shape index (κ2) is 13.1. The zero-order chi connectivity index (χ0) is 37.0. The largest absolute Gasteiger partial charge is 0.455 e. The predicted molar refractivity (Wildman–Crippen MR) is 231 cm³/mol. The number of nitrogens with zero attached hydrogens (tertiary/aromatic N) is 3. The lowest BCUT2D eigenvalue weighted by Gasteiger charge is -2.23. The Bertz CT molecular complexity index is 3160. The Kier molecular flexibility index (Phi) is 7.49. The quantitative estimate of drug-likeness (QED) is 0.186. The number of benzene rings is 8. The van der Waals surface area contributed by atoms with Gasteiger partial charge in [-0.3, -0.25) is 0 Å². The lowest BCUT2D eigenvalue weighted by molar-refractivity contribution is 0.668. The van der Waals surface area contributed by atoms with Gasteiger partial charge in [-0.05, 0) is 58.7 Å². The van der Waals surface area contributed by atoms with Gasteiger partial charge < -0.3 is 14.3 Å². The fourth-order valence-electron chi connectivity index (χ4n) is 8.33. The number of hydrogen-bond acceptors (Lipinski definition) is 4. The number of para-hydroxylation sites is 3. The standard InChI is InChI=1S/C51H34N4O/c1-4-16-33(17-5-1)49-52-50(34-18-6-2-7-19-34)54-51(53-49)35-30-31-39-42-27-14-26-41(48(42)56-46(39)32-35)38-23-11-10-22-37(38)40-25-15-29-45-47(40)43-24-12-13-28-44(43)55(45)36-20-8-3-9-21-36/h1-32,49H,(H,52,53,54). The van der Waals surface area contributed by atoms with Crippen LogP contribution in [0, 0.1) is 0 Å². The minimum Gasteiger partial charge on any atom is -0.455 e. The summed E-state index contributed by atoms with van der Waals surface area (Å²) in [5.74, 6) is 1.45. The SMILES string of the molecule is c1ccc(C2=NC(c3ccc4c(c3)oc3c(-c5ccccc5-c5cccc6c5c5ccccc5n6-c5ccccc5)cccc34)=NC(c3ccccc3)N2)cc1. The molecule has 0 saturated heterocycles. The summed E-state index contributed by atoms with van der Waals surface area (Å²) in [6.07, 6.45) is -0.278. The molecule has 5 heteroatoms. The highest BCUT2D eigenvalue weighted by Gasteiger charge is 2.23. The topological polar surface area (TPSA) is 54.8 Å². The van der Waals surface area contributed by atoms with E-state index in [9.17, 15) is 0 Å². The van der Waals surface area contributed by atoms with Crippen LogP contribution in [0.15, 0.2) is 209 Å². The maximum Gasteiger partial charge on any atom is 0.159 e. The molecule has 56 heavy (non-hydrogen) atoms. The number of hydrogen-bond donors (Lipinski definition) is 1. The number of furan rings is 1. The van der Waals surface area contributed by atoms with Crippen LogP contribution in [-0.4, -0.2) is 16.2 Å². The molecule has 0 amide bonds. The Balaban J connectivity index is 1.06. The van der Waals surface area contributed by atoms with Crippen molar-refractivity contribution in [2.75, 3.05) is 0 Å². The molecule has 8 aromatic carbocycles. The summed E-state index contributed by atoms with van der Waals surface area (Å²) in [5.41, 5.74) is 12.6. The van der Waals surface area contributed by atoms with Crippen LogP contribution in [0.25, 0.3) is 71.7 Å². The number of rotatable bonds is 6. The van der Waals surface area contributed by atoms with Crippen molar-refractivity contribution < 1.29 is 4.42 Å².